The predicted molar refractivity (Wildman–Crippen MR) is 74.8 cm³/mol. The number of nitrogens with one attached hydrogen (secondary N) is 1. The molecule has 2 atom stereocenters. The van der Waals surface area contributed by atoms with Crippen LogP contribution < -0.4 is 5.32 Å². The Morgan fingerprint density at radius 2 is 2.05 bits per heavy atom. The third-order valence-electron chi connectivity index (χ3n) is 3.55. The van der Waals surface area contributed by atoms with E-state index in [-0.39, 0.29) is 24.3 Å². The molecule has 0 bridgehead atoms. The summed E-state index contributed by atoms with van der Waals surface area (Å²) >= 11 is 0. The Bertz CT molecular complexity index is 440. The molecule has 1 rings (SSSR count). The second-order valence-electron chi connectivity index (χ2n) is 5.41. The van der Waals surface area contributed by atoms with Gasteiger partial charge >= 0.3 is 0 Å². The molecule has 5 nitrogen and oxygen atoms in total. The highest BCUT2D eigenvalue weighted by Gasteiger charge is 2.18. The molecule has 1 heterocycles. The molecule has 0 saturated carbocycles. The van der Waals surface area contributed by atoms with Gasteiger partial charge in [0, 0.05) is 31.8 Å². The largest absolute Gasteiger partial charge is 0.396 e. The van der Waals surface area contributed by atoms with Crippen LogP contribution in [0.2, 0.25) is 0 Å². The highest BCUT2D eigenvalue weighted by Crippen LogP contribution is 2.16. The van der Waals surface area contributed by atoms with Crippen molar-refractivity contribution in [1.82, 2.24) is 15.1 Å². The summed E-state index contributed by atoms with van der Waals surface area (Å²) in [7, 11) is 1.92. The molecule has 0 saturated heterocycles. The van der Waals surface area contributed by atoms with Crippen LogP contribution in [0.25, 0.3) is 0 Å². The van der Waals surface area contributed by atoms with Gasteiger partial charge in [-0.1, -0.05) is 13.8 Å². The Hall–Kier alpha value is -1.36. The van der Waals surface area contributed by atoms with Gasteiger partial charge in [-0.3, -0.25) is 9.48 Å². The SMILES string of the molecule is Cc1nn(C)c(C)c1CC(C)C(=O)NCC(C)CO. The van der Waals surface area contributed by atoms with E-state index in [1.165, 1.54) is 0 Å². The Morgan fingerprint density at radius 3 is 2.53 bits per heavy atom. The monoisotopic (exact) mass is 267 g/mol. The topological polar surface area (TPSA) is 67.2 Å². The molecule has 1 aromatic heterocycles. The minimum absolute atomic E-state index is 0.0305. The molecule has 0 aliphatic rings. The molecule has 108 valence electrons. The second-order valence-corrected chi connectivity index (χ2v) is 5.41. The van der Waals surface area contributed by atoms with Crippen molar-refractivity contribution in [2.24, 2.45) is 18.9 Å². The zero-order chi connectivity index (χ0) is 14.6. The lowest BCUT2D eigenvalue weighted by atomic mass is 9.98. The van der Waals surface area contributed by atoms with Crippen molar-refractivity contribution in [3.63, 3.8) is 0 Å². The molecular formula is C14H25N3O2. The minimum atomic E-state index is -0.0903. The van der Waals surface area contributed by atoms with E-state index in [0.29, 0.717) is 13.0 Å². The van der Waals surface area contributed by atoms with Crippen LogP contribution in [0.3, 0.4) is 0 Å². The molecule has 0 radical (unpaired) electrons. The quantitative estimate of drug-likeness (QED) is 0.807. The normalized spacial score (nSPS) is 14.2. The summed E-state index contributed by atoms with van der Waals surface area (Å²) in [4.78, 5) is 12.0. The smallest absolute Gasteiger partial charge is 0.223 e. The van der Waals surface area contributed by atoms with E-state index in [1.807, 2.05) is 39.4 Å². The van der Waals surface area contributed by atoms with E-state index in [9.17, 15) is 4.79 Å². The second kappa shape index (κ2) is 6.70. The first-order valence-corrected chi connectivity index (χ1v) is 6.74. The fraction of sp³-hybridized carbons (Fsp3) is 0.714. The van der Waals surface area contributed by atoms with Crippen molar-refractivity contribution in [2.45, 2.75) is 34.1 Å². The third kappa shape index (κ3) is 4.06. The lowest BCUT2D eigenvalue weighted by Crippen LogP contribution is -2.34. The van der Waals surface area contributed by atoms with Gasteiger partial charge in [0.25, 0.3) is 0 Å². The van der Waals surface area contributed by atoms with E-state index in [4.69, 9.17) is 5.11 Å². The maximum Gasteiger partial charge on any atom is 0.223 e. The molecule has 0 spiro atoms. The number of aromatic nitrogens is 2. The first kappa shape index (κ1) is 15.7. The van der Waals surface area contributed by atoms with Crippen molar-refractivity contribution in [3.05, 3.63) is 17.0 Å². The number of aryl methyl sites for hydroxylation is 2. The first-order chi connectivity index (χ1) is 8.86. The van der Waals surface area contributed by atoms with Crippen LogP contribution in [0.5, 0.6) is 0 Å². The average molecular weight is 267 g/mol. The van der Waals surface area contributed by atoms with Gasteiger partial charge in [0.05, 0.1) is 5.69 Å². The summed E-state index contributed by atoms with van der Waals surface area (Å²) in [6.45, 7) is 8.43. The van der Waals surface area contributed by atoms with E-state index in [2.05, 4.69) is 10.4 Å². The van der Waals surface area contributed by atoms with Gasteiger partial charge < -0.3 is 10.4 Å². The number of amides is 1. The van der Waals surface area contributed by atoms with Gasteiger partial charge in [-0.05, 0) is 31.7 Å². The standard InChI is InChI=1S/C14H25N3O2/c1-9(8-18)7-15-14(19)10(2)6-13-11(3)16-17(5)12(13)4/h9-10,18H,6-8H2,1-5H3,(H,15,19). The van der Waals surface area contributed by atoms with Crippen LogP contribution in [0, 0.1) is 25.7 Å². The number of rotatable bonds is 6. The summed E-state index contributed by atoms with van der Waals surface area (Å²) in [6, 6.07) is 0. The number of aliphatic hydroxyl groups excluding tert-OH is 1. The van der Waals surface area contributed by atoms with Crippen molar-refractivity contribution < 1.29 is 9.90 Å². The number of carbonyl (C=O) groups excluding carboxylic acids is 1. The molecule has 19 heavy (non-hydrogen) atoms. The lowest BCUT2D eigenvalue weighted by molar-refractivity contribution is -0.124. The van der Waals surface area contributed by atoms with Crippen LogP contribution in [0.15, 0.2) is 0 Å². The van der Waals surface area contributed by atoms with Crippen molar-refractivity contribution in [3.8, 4) is 0 Å². The van der Waals surface area contributed by atoms with E-state index < -0.39 is 0 Å². The molecule has 5 heteroatoms. The van der Waals surface area contributed by atoms with E-state index >= 15 is 0 Å². The van der Waals surface area contributed by atoms with Crippen molar-refractivity contribution >= 4 is 5.91 Å². The van der Waals surface area contributed by atoms with Crippen molar-refractivity contribution in [2.75, 3.05) is 13.2 Å². The van der Waals surface area contributed by atoms with Gasteiger partial charge in [-0.25, -0.2) is 0 Å². The van der Waals surface area contributed by atoms with Crippen LogP contribution >= 0.6 is 0 Å². The molecule has 0 aliphatic heterocycles. The summed E-state index contributed by atoms with van der Waals surface area (Å²) in [5.74, 6) is 0.0356. The number of hydrogen-bond donors (Lipinski definition) is 2. The fourth-order valence-electron chi connectivity index (χ4n) is 2.03. The van der Waals surface area contributed by atoms with Crippen LogP contribution in [-0.2, 0) is 18.3 Å². The van der Waals surface area contributed by atoms with Crippen LogP contribution in [-0.4, -0.2) is 33.9 Å². The molecule has 0 aromatic carbocycles. The Labute approximate surface area is 115 Å². The maximum absolute atomic E-state index is 12.0. The molecule has 1 amide bonds. The van der Waals surface area contributed by atoms with E-state index in [0.717, 1.165) is 17.0 Å². The van der Waals surface area contributed by atoms with Crippen molar-refractivity contribution in [1.29, 1.82) is 0 Å². The molecule has 2 N–H and O–H groups in total. The number of hydrogen-bond acceptors (Lipinski definition) is 3. The zero-order valence-corrected chi connectivity index (χ0v) is 12.5. The molecule has 0 fully saturated rings. The van der Waals surface area contributed by atoms with Gasteiger partial charge in [-0.2, -0.15) is 5.10 Å². The Morgan fingerprint density at radius 1 is 1.42 bits per heavy atom. The zero-order valence-electron chi connectivity index (χ0n) is 12.5. The lowest BCUT2D eigenvalue weighted by Gasteiger charge is -2.14. The molecule has 2 unspecified atom stereocenters. The summed E-state index contributed by atoms with van der Waals surface area (Å²) in [5.41, 5.74) is 3.25. The number of carbonyl (C=O) groups is 1. The van der Waals surface area contributed by atoms with E-state index in [1.54, 1.807) is 0 Å². The van der Waals surface area contributed by atoms with Gasteiger partial charge in [0.1, 0.15) is 0 Å². The van der Waals surface area contributed by atoms with Gasteiger partial charge in [0.15, 0.2) is 0 Å². The summed E-state index contributed by atoms with van der Waals surface area (Å²) < 4.78 is 1.85. The third-order valence-corrected chi connectivity index (χ3v) is 3.55. The fourth-order valence-corrected chi connectivity index (χ4v) is 2.03. The highest BCUT2D eigenvalue weighted by molar-refractivity contribution is 5.78. The van der Waals surface area contributed by atoms with Crippen LogP contribution in [0.4, 0.5) is 0 Å². The summed E-state index contributed by atoms with van der Waals surface area (Å²) in [5, 5.41) is 16.2. The Kier molecular flexibility index (Phi) is 5.54. The maximum atomic E-state index is 12.0. The predicted octanol–water partition coefficient (Wildman–Crippen LogP) is 0.960. The molecule has 1 aromatic rings. The Balaban J connectivity index is 2.59. The number of aliphatic hydroxyl groups is 1. The van der Waals surface area contributed by atoms with Gasteiger partial charge in [0.2, 0.25) is 5.91 Å². The van der Waals surface area contributed by atoms with Gasteiger partial charge in [-0.15, -0.1) is 0 Å². The number of nitrogens with zero attached hydrogens (tertiary/aromatic N) is 2. The molecular weight excluding hydrogens is 242 g/mol. The highest BCUT2D eigenvalue weighted by atomic mass is 16.3. The van der Waals surface area contributed by atoms with Crippen LogP contribution in [0.1, 0.15) is 30.8 Å². The average Bonchev–Trinajstić information content (AvgIpc) is 2.61. The first-order valence-electron chi connectivity index (χ1n) is 6.74. The molecule has 0 aliphatic carbocycles. The minimum Gasteiger partial charge on any atom is -0.396 e. The summed E-state index contributed by atoms with van der Waals surface area (Å²) in [6.07, 6.45) is 0.699.